The summed E-state index contributed by atoms with van der Waals surface area (Å²) in [7, 11) is 0. The van der Waals surface area contributed by atoms with Crippen molar-refractivity contribution in [2.75, 3.05) is 10.6 Å². The van der Waals surface area contributed by atoms with Gasteiger partial charge in [-0.25, -0.2) is 4.39 Å². The standard InChI is InChI=1S/C15H14BrFN2S/c1-9-8-12(4-5-13(9)17)18-15(20)19-14-6-3-11(16)7-10(14)2/h3-8H,1-2H3,(H2,18,19,20). The summed E-state index contributed by atoms with van der Waals surface area (Å²) >= 11 is 8.68. The number of halogens is 2. The third-order valence-electron chi connectivity index (χ3n) is 2.85. The lowest BCUT2D eigenvalue weighted by Crippen LogP contribution is -2.19. The van der Waals surface area contributed by atoms with Gasteiger partial charge < -0.3 is 10.6 Å². The van der Waals surface area contributed by atoms with Crippen molar-refractivity contribution in [2.24, 2.45) is 0 Å². The van der Waals surface area contributed by atoms with Crippen LogP contribution in [0.3, 0.4) is 0 Å². The van der Waals surface area contributed by atoms with Crippen LogP contribution in [0.5, 0.6) is 0 Å². The fraction of sp³-hybridized carbons (Fsp3) is 0.133. The van der Waals surface area contributed by atoms with Gasteiger partial charge in [-0.3, -0.25) is 0 Å². The number of thiocarbonyl (C=S) groups is 1. The van der Waals surface area contributed by atoms with Gasteiger partial charge in [0.1, 0.15) is 5.82 Å². The topological polar surface area (TPSA) is 24.1 Å². The normalized spacial score (nSPS) is 10.2. The molecule has 2 aromatic rings. The lowest BCUT2D eigenvalue weighted by atomic mass is 10.2. The van der Waals surface area contributed by atoms with Crippen molar-refractivity contribution in [1.29, 1.82) is 0 Å². The second kappa shape index (κ2) is 6.33. The molecule has 0 unspecified atom stereocenters. The summed E-state index contributed by atoms with van der Waals surface area (Å²) in [6, 6.07) is 10.7. The van der Waals surface area contributed by atoms with Crippen molar-refractivity contribution < 1.29 is 4.39 Å². The minimum absolute atomic E-state index is 0.224. The molecular formula is C15H14BrFN2S. The first kappa shape index (κ1) is 14.9. The molecule has 0 atom stereocenters. The van der Waals surface area contributed by atoms with Crippen molar-refractivity contribution >= 4 is 44.6 Å². The molecular weight excluding hydrogens is 339 g/mol. The minimum atomic E-state index is -0.224. The van der Waals surface area contributed by atoms with Crippen LogP contribution in [0.4, 0.5) is 15.8 Å². The Balaban J connectivity index is 2.07. The molecule has 0 saturated heterocycles. The van der Waals surface area contributed by atoms with Crippen molar-refractivity contribution in [3.05, 3.63) is 57.8 Å². The second-order valence-electron chi connectivity index (χ2n) is 4.50. The van der Waals surface area contributed by atoms with E-state index >= 15 is 0 Å². The molecule has 20 heavy (non-hydrogen) atoms. The lowest BCUT2D eigenvalue weighted by Gasteiger charge is -2.13. The Labute approximate surface area is 131 Å². The summed E-state index contributed by atoms with van der Waals surface area (Å²) in [5, 5.41) is 6.64. The van der Waals surface area contributed by atoms with Crippen LogP contribution >= 0.6 is 28.1 Å². The Kier molecular flexibility index (Phi) is 4.73. The molecule has 5 heteroatoms. The van der Waals surface area contributed by atoms with Gasteiger partial charge in [0.15, 0.2) is 5.11 Å². The summed E-state index contributed by atoms with van der Waals surface area (Å²) < 4.78 is 14.2. The molecule has 104 valence electrons. The number of benzene rings is 2. The highest BCUT2D eigenvalue weighted by atomic mass is 79.9. The molecule has 2 N–H and O–H groups in total. The van der Waals surface area contributed by atoms with Crippen molar-refractivity contribution in [3.63, 3.8) is 0 Å². The summed E-state index contributed by atoms with van der Waals surface area (Å²) in [6.45, 7) is 3.72. The zero-order chi connectivity index (χ0) is 14.7. The summed E-state index contributed by atoms with van der Waals surface area (Å²) in [6.07, 6.45) is 0. The maximum atomic E-state index is 13.2. The number of nitrogens with one attached hydrogen (secondary N) is 2. The van der Waals surface area contributed by atoms with Crippen LogP contribution in [-0.2, 0) is 0 Å². The van der Waals surface area contributed by atoms with E-state index in [1.165, 1.54) is 6.07 Å². The number of hydrogen-bond acceptors (Lipinski definition) is 1. The molecule has 0 amide bonds. The molecule has 0 aliphatic rings. The van der Waals surface area contributed by atoms with Gasteiger partial charge in [-0.1, -0.05) is 15.9 Å². The Morgan fingerprint density at radius 1 is 1.05 bits per heavy atom. The van der Waals surface area contributed by atoms with E-state index in [4.69, 9.17) is 12.2 Å². The first-order valence-electron chi connectivity index (χ1n) is 6.06. The SMILES string of the molecule is Cc1cc(NC(=S)Nc2ccc(Br)cc2C)ccc1F. The Morgan fingerprint density at radius 2 is 1.80 bits per heavy atom. The Hall–Kier alpha value is -1.46. The molecule has 0 saturated carbocycles. The Bertz CT molecular complexity index is 658. The summed E-state index contributed by atoms with van der Waals surface area (Å²) in [5.74, 6) is -0.224. The third kappa shape index (κ3) is 3.77. The fourth-order valence-electron chi connectivity index (χ4n) is 1.77. The molecule has 2 nitrogen and oxygen atoms in total. The highest BCUT2D eigenvalue weighted by Gasteiger charge is 2.04. The largest absolute Gasteiger partial charge is 0.332 e. The van der Waals surface area contributed by atoms with Crippen LogP contribution < -0.4 is 10.6 Å². The van der Waals surface area contributed by atoms with Crippen LogP contribution in [0.2, 0.25) is 0 Å². The van der Waals surface area contributed by atoms with Crippen molar-refractivity contribution in [2.45, 2.75) is 13.8 Å². The fourth-order valence-corrected chi connectivity index (χ4v) is 2.48. The Morgan fingerprint density at radius 3 is 2.45 bits per heavy atom. The lowest BCUT2D eigenvalue weighted by molar-refractivity contribution is 0.619. The zero-order valence-corrected chi connectivity index (χ0v) is 13.5. The maximum Gasteiger partial charge on any atom is 0.175 e. The molecule has 0 fully saturated rings. The van der Waals surface area contributed by atoms with E-state index in [0.29, 0.717) is 10.7 Å². The van der Waals surface area contributed by atoms with Gasteiger partial charge in [0.25, 0.3) is 0 Å². The first-order chi connectivity index (χ1) is 9.45. The van der Waals surface area contributed by atoms with Crippen molar-refractivity contribution in [3.8, 4) is 0 Å². The minimum Gasteiger partial charge on any atom is -0.332 e. The van der Waals surface area contributed by atoms with E-state index in [1.54, 1.807) is 19.1 Å². The van der Waals surface area contributed by atoms with Crippen LogP contribution in [0, 0.1) is 19.7 Å². The maximum absolute atomic E-state index is 13.2. The quantitative estimate of drug-likeness (QED) is 0.742. The van der Waals surface area contributed by atoms with Gasteiger partial charge in [-0.05, 0) is 73.6 Å². The average Bonchev–Trinajstić information content (AvgIpc) is 2.37. The molecule has 0 aromatic heterocycles. The van der Waals surface area contributed by atoms with Gasteiger partial charge in [-0.2, -0.15) is 0 Å². The second-order valence-corrected chi connectivity index (χ2v) is 5.83. The molecule has 0 radical (unpaired) electrons. The molecule has 0 spiro atoms. The van der Waals surface area contributed by atoms with Gasteiger partial charge in [0.05, 0.1) is 0 Å². The van der Waals surface area contributed by atoms with E-state index in [0.717, 1.165) is 21.4 Å². The van der Waals surface area contributed by atoms with Gasteiger partial charge in [-0.15, -0.1) is 0 Å². The van der Waals surface area contributed by atoms with E-state index in [-0.39, 0.29) is 5.82 Å². The highest BCUT2D eigenvalue weighted by molar-refractivity contribution is 9.10. The van der Waals surface area contributed by atoms with Crippen LogP contribution in [0.25, 0.3) is 0 Å². The monoisotopic (exact) mass is 352 g/mol. The van der Waals surface area contributed by atoms with Crippen molar-refractivity contribution in [1.82, 2.24) is 0 Å². The highest BCUT2D eigenvalue weighted by Crippen LogP contribution is 2.20. The van der Waals surface area contributed by atoms with E-state index in [1.807, 2.05) is 25.1 Å². The van der Waals surface area contributed by atoms with E-state index in [9.17, 15) is 4.39 Å². The number of rotatable bonds is 2. The molecule has 0 aliphatic carbocycles. The summed E-state index contributed by atoms with van der Waals surface area (Å²) in [5.41, 5.74) is 3.36. The average molecular weight is 353 g/mol. The van der Waals surface area contributed by atoms with Gasteiger partial charge in [0.2, 0.25) is 0 Å². The summed E-state index contributed by atoms with van der Waals surface area (Å²) in [4.78, 5) is 0. The van der Waals surface area contributed by atoms with Gasteiger partial charge in [0, 0.05) is 15.8 Å². The van der Waals surface area contributed by atoms with E-state index in [2.05, 4.69) is 26.6 Å². The molecule has 0 heterocycles. The van der Waals surface area contributed by atoms with Crippen LogP contribution in [0.1, 0.15) is 11.1 Å². The van der Waals surface area contributed by atoms with Gasteiger partial charge >= 0.3 is 0 Å². The van der Waals surface area contributed by atoms with Crippen LogP contribution in [-0.4, -0.2) is 5.11 Å². The molecule has 2 rings (SSSR count). The third-order valence-corrected chi connectivity index (χ3v) is 3.55. The zero-order valence-electron chi connectivity index (χ0n) is 11.1. The first-order valence-corrected chi connectivity index (χ1v) is 7.26. The van der Waals surface area contributed by atoms with E-state index < -0.39 is 0 Å². The molecule has 0 bridgehead atoms. The molecule has 2 aromatic carbocycles. The molecule has 0 aliphatic heterocycles. The predicted octanol–water partition coefficient (Wildman–Crippen LogP) is 5.01. The number of hydrogen-bond donors (Lipinski definition) is 2. The van der Waals surface area contributed by atoms with Crippen LogP contribution in [0.15, 0.2) is 40.9 Å². The number of anilines is 2. The smallest absolute Gasteiger partial charge is 0.175 e. The predicted molar refractivity (Wildman–Crippen MR) is 89.9 cm³/mol. The number of aryl methyl sites for hydroxylation is 2.